The summed E-state index contributed by atoms with van der Waals surface area (Å²) in [4.78, 5) is 18.5. The molecule has 1 aliphatic rings. The number of aryl methyl sites for hydroxylation is 1. The third-order valence-corrected chi connectivity index (χ3v) is 6.47. The molecule has 1 aliphatic heterocycles. The highest BCUT2D eigenvalue weighted by Gasteiger charge is 2.33. The quantitative estimate of drug-likeness (QED) is 0.770. The Balaban J connectivity index is 1.89. The van der Waals surface area contributed by atoms with E-state index >= 15 is 0 Å². The van der Waals surface area contributed by atoms with Crippen LogP contribution in [0.3, 0.4) is 0 Å². The molecule has 152 valence electrons. The van der Waals surface area contributed by atoms with Crippen LogP contribution in [0.4, 0.5) is 13.2 Å². The maximum absolute atomic E-state index is 13.0. The predicted molar refractivity (Wildman–Crippen MR) is 96.2 cm³/mol. The number of rotatable bonds is 4. The molecule has 2 heterocycles. The van der Waals surface area contributed by atoms with Crippen molar-refractivity contribution in [3.8, 4) is 0 Å². The lowest BCUT2D eigenvalue weighted by atomic mass is 10.1. The van der Waals surface area contributed by atoms with Gasteiger partial charge in [0.05, 0.1) is 23.4 Å². The first kappa shape index (κ1) is 20.4. The lowest BCUT2D eigenvalue weighted by molar-refractivity contribution is -0.137. The Kier molecular flexibility index (Phi) is 5.51. The number of carbonyl (C=O) groups excluding carboxylic acids is 1. The zero-order chi connectivity index (χ0) is 20.5. The van der Waals surface area contributed by atoms with E-state index in [1.165, 1.54) is 29.6 Å². The fourth-order valence-corrected chi connectivity index (χ4v) is 4.74. The van der Waals surface area contributed by atoms with Crippen LogP contribution in [0.2, 0.25) is 0 Å². The first-order valence-electron chi connectivity index (χ1n) is 8.71. The van der Waals surface area contributed by atoms with Crippen molar-refractivity contribution >= 4 is 15.7 Å². The molecule has 0 atom stereocenters. The lowest BCUT2D eigenvalue weighted by Crippen LogP contribution is -2.44. The van der Waals surface area contributed by atoms with Crippen LogP contribution in [0.5, 0.6) is 0 Å². The summed E-state index contributed by atoms with van der Waals surface area (Å²) in [6.45, 7) is -0.0515. The van der Waals surface area contributed by atoms with Gasteiger partial charge in [0.2, 0.25) is 0 Å². The van der Waals surface area contributed by atoms with Gasteiger partial charge in [0, 0.05) is 25.8 Å². The number of halogens is 3. The highest BCUT2D eigenvalue weighted by molar-refractivity contribution is 7.91. The number of nitrogens with zero attached hydrogens (tertiary/aromatic N) is 3. The van der Waals surface area contributed by atoms with Crippen LogP contribution in [-0.2, 0) is 29.6 Å². The second-order valence-corrected chi connectivity index (χ2v) is 9.24. The Hall–Kier alpha value is -2.36. The van der Waals surface area contributed by atoms with Gasteiger partial charge in [-0.25, -0.2) is 13.4 Å². The largest absolute Gasteiger partial charge is 0.416 e. The van der Waals surface area contributed by atoms with Crippen molar-refractivity contribution in [3.05, 3.63) is 53.6 Å². The molecule has 1 amide bonds. The Morgan fingerprint density at radius 1 is 1.29 bits per heavy atom. The molecule has 0 radical (unpaired) electrons. The van der Waals surface area contributed by atoms with E-state index in [0.717, 1.165) is 12.1 Å². The maximum atomic E-state index is 13.0. The van der Waals surface area contributed by atoms with Crippen LogP contribution >= 0.6 is 0 Å². The van der Waals surface area contributed by atoms with E-state index in [-0.39, 0.29) is 42.6 Å². The summed E-state index contributed by atoms with van der Waals surface area (Å²) < 4.78 is 64.1. The van der Waals surface area contributed by atoms with Crippen molar-refractivity contribution in [2.24, 2.45) is 7.05 Å². The van der Waals surface area contributed by atoms with Crippen LogP contribution < -0.4 is 0 Å². The molecule has 0 spiro atoms. The number of benzene rings is 1. The molecule has 28 heavy (non-hydrogen) atoms. The number of imidazole rings is 1. The van der Waals surface area contributed by atoms with Crippen molar-refractivity contribution in [1.82, 2.24) is 14.5 Å². The Morgan fingerprint density at radius 3 is 2.54 bits per heavy atom. The average molecular weight is 415 g/mol. The molecular weight excluding hydrogens is 395 g/mol. The smallest absolute Gasteiger partial charge is 0.340 e. The monoisotopic (exact) mass is 415 g/mol. The Labute approximate surface area is 160 Å². The van der Waals surface area contributed by atoms with Gasteiger partial charge in [-0.2, -0.15) is 13.2 Å². The van der Waals surface area contributed by atoms with Crippen molar-refractivity contribution in [3.63, 3.8) is 0 Å². The van der Waals surface area contributed by atoms with Gasteiger partial charge < -0.3 is 9.47 Å². The van der Waals surface area contributed by atoms with Crippen LogP contribution in [-0.4, -0.2) is 46.3 Å². The molecule has 0 unspecified atom stereocenters. The minimum Gasteiger partial charge on any atom is -0.340 e. The summed E-state index contributed by atoms with van der Waals surface area (Å²) in [7, 11) is -1.44. The second-order valence-electron chi connectivity index (χ2n) is 6.94. The third-order valence-electron chi connectivity index (χ3n) is 4.76. The SMILES string of the molecule is Cn1cnc(C(=O)N(Cc2cccc(C(F)(F)F)c2)C2CCS(=O)(=O)CC2)c1. The van der Waals surface area contributed by atoms with E-state index < -0.39 is 27.5 Å². The molecule has 6 nitrogen and oxygen atoms in total. The normalized spacial score (nSPS) is 17.4. The third kappa shape index (κ3) is 4.73. The molecule has 0 aliphatic carbocycles. The molecule has 1 fully saturated rings. The summed E-state index contributed by atoms with van der Waals surface area (Å²) in [5, 5.41) is 0. The van der Waals surface area contributed by atoms with E-state index in [9.17, 15) is 26.4 Å². The molecule has 0 saturated carbocycles. The molecule has 0 bridgehead atoms. The average Bonchev–Trinajstić information content (AvgIpc) is 3.05. The summed E-state index contributed by atoms with van der Waals surface area (Å²) in [6, 6.07) is 4.42. The van der Waals surface area contributed by atoms with Gasteiger partial charge in [0.15, 0.2) is 0 Å². The van der Waals surface area contributed by atoms with E-state index in [1.807, 2.05) is 0 Å². The number of aromatic nitrogens is 2. The summed E-state index contributed by atoms with van der Waals surface area (Å²) in [5.74, 6) is -0.527. The number of hydrogen-bond donors (Lipinski definition) is 0. The molecule has 1 aromatic carbocycles. The molecule has 10 heteroatoms. The van der Waals surface area contributed by atoms with Gasteiger partial charge in [0.25, 0.3) is 5.91 Å². The standard InChI is InChI=1S/C18H20F3N3O3S/c1-23-11-16(22-12-23)17(25)24(15-5-7-28(26,27)8-6-15)10-13-3-2-4-14(9-13)18(19,20)21/h2-4,9,11-12,15H,5-8,10H2,1H3. The van der Waals surface area contributed by atoms with E-state index in [4.69, 9.17) is 0 Å². The summed E-state index contributed by atoms with van der Waals surface area (Å²) in [5.41, 5.74) is -0.295. The summed E-state index contributed by atoms with van der Waals surface area (Å²) >= 11 is 0. The lowest BCUT2D eigenvalue weighted by Gasteiger charge is -2.34. The zero-order valence-corrected chi connectivity index (χ0v) is 16.0. The van der Waals surface area contributed by atoms with Crippen LogP contribution in [0.1, 0.15) is 34.5 Å². The van der Waals surface area contributed by atoms with Crippen LogP contribution in [0.15, 0.2) is 36.8 Å². The minimum absolute atomic E-state index is 0.0493. The predicted octanol–water partition coefficient (Wildman–Crippen LogP) is 2.66. The van der Waals surface area contributed by atoms with Gasteiger partial charge in [-0.1, -0.05) is 12.1 Å². The molecule has 2 aromatic rings. The van der Waals surface area contributed by atoms with Crippen LogP contribution in [0, 0.1) is 0 Å². The number of amides is 1. The number of alkyl halides is 3. The van der Waals surface area contributed by atoms with Crippen LogP contribution in [0.25, 0.3) is 0 Å². The molecule has 1 aromatic heterocycles. The zero-order valence-electron chi connectivity index (χ0n) is 15.2. The molecule has 0 N–H and O–H groups in total. The fourth-order valence-electron chi connectivity index (χ4n) is 3.27. The Bertz CT molecular complexity index is 956. The topological polar surface area (TPSA) is 72.3 Å². The number of hydrogen-bond acceptors (Lipinski definition) is 4. The molecule has 3 rings (SSSR count). The first-order chi connectivity index (χ1) is 13.0. The highest BCUT2D eigenvalue weighted by atomic mass is 32.2. The fraction of sp³-hybridized carbons (Fsp3) is 0.444. The highest BCUT2D eigenvalue weighted by Crippen LogP contribution is 2.30. The summed E-state index contributed by atoms with van der Waals surface area (Å²) in [6.07, 6.45) is -0.994. The van der Waals surface area contributed by atoms with E-state index in [2.05, 4.69) is 4.98 Å². The van der Waals surface area contributed by atoms with Gasteiger partial charge in [-0.15, -0.1) is 0 Å². The van der Waals surface area contributed by atoms with Gasteiger partial charge in [-0.3, -0.25) is 4.79 Å². The molecular formula is C18H20F3N3O3S. The second kappa shape index (κ2) is 7.57. The maximum Gasteiger partial charge on any atom is 0.416 e. The van der Waals surface area contributed by atoms with Crippen molar-refractivity contribution < 1.29 is 26.4 Å². The van der Waals surface area contributed by atoms with Gasteiger partial charge >= 0.3 is 6.18 Å². The van der Waals surface area contributed by atoms with E-state index in [1.54, 1.807) is 11.6 Å². The first-order valence-corrected chi connectivity index (χ1v) is 10.5. The minimum atomic E-state index is -4.48. The van der Waals surface area contributed by atoms with Crippen molar-refractivity contribution in [1.29, 1.82) is 0 Å². The number of carbonyl (C=O) groups is 1. The number of sulfone groups is 1. The Morgan fingerprint density at radius 2 is 1.96 bits per heavy atom. The molecule has 1 saturated heterocycles. The van der Waals surface area contributed by atoms with Crippen molar-refractivity contribution in [2.75, 3.05) is 11.5 Å². The van der Waals surface area contributed by atoms with E-state index in [0.29, 0.717) is 5.56 Å². The van der Waals surface area contributed by atoms with Gasteiger partial charge in [0.1, 0.15) is 15.5 Å². The van der Waals surface area contributed by atoms with Gasteiger partial charge in [-0.05, 0) is 30.5 Å². The van der Waals surface area contributed by atoms with Crippen molar-refractivity contribution in [2.45, 2.75) is 31.6 Å².